The average Bonchev–Trinajstić information content (AvgIpc) is 3.49. The third-order valence-electron chi connectivity index (χ3n) is 8.77. The van der Waals surface area contributed by atoms with Crippen LogP contribution in [0.4, 0.5) is 0 Å². The van der Waals surface area contributed by atoms with Crippen LogP contribution in [0.15, 0.2) is 24.3 Å². The van der Waals surface area contributed by atoms with E-state index in [9.17, 15) is 19.8 Å². The summed E-state index contributed by atoms with van der Waals surface area (Å²) in [5.74, 6) is -0.666. The van der Waals surface area contributed by atoms with Gasteiger partial charge in [-0.1, -0.05) is 41.0 Å². The first-order valence-electron chi connectivity index (χ1n) is 14.8. The van der Waals surface area contributed by atoms with Crippen molar-refractivity contribution < 1.29 is 36.9 Å². The van der Waals surface area contributed by atoms with Gasteiger partial charge in [0.1, 0.15) is 0 Å². The van der Waals surface area contributed by atoms with Gasteiger partial charge >= 0.3 is 29.0 Å². The van der Waals surface area contributed by atoms with Gasteiger partial charge in [-0.2, -0.15) is 12.6 Å². The summed E-state index contributed by atoms with van der Waals surface area (Å²) in [5.41, 5.74) is 14.1. The fourth-order valence-corrected chi connectivity index (χ4v) is 7.40. The van der Waals surface area contributed by atoms with Crippen molar-refractivity contribution in [3.05, 3.63) is 69.3 Å². The molecule has 3 aliphatic heterocycles. The Morgan fingerprint density at radius 3 is 2.02 bits per heavy atom. The molecule has 0 aromatic carbocycles. The summed E-state index contributed by atoms with van der Waals surface area (Å²) in [7, 11) is 0. The molecule has 3 aliphatic rings. The van der Waals surface area contributed by atoms with Crippen LogP contribution in [0.25, 0.3) is 44.4 Å². The second-order valence-corrected chi connectivity index (χ2v) is 13.9. The molecule has 45 heavy (non-hydrogen) atoms. The fraction of sp³-hybridized carbons (Fsp3) is 0.353. The monoisotopic (exact) mass is 683 g/mol. The molecule has 3 aromatic rings. The molecule has 0 amide bonds. The molecular formula is C34H35FeN4O4S2+. The third kappa shape index (κ3) is 6.41. The molecule has 8 bridgehead atoms. The summed E-state index contributed by atoms with van der Waals surface area (Å²) in [5, 5.41) is 19.4. The van der Waals surface area contributed by atoms with E-state index in [1.165, 1.54) is 17.3 Å². The summed E-state index contributed by atoms with van der Waals surface area (Å²) in [6.45, 7) is 10.2. The molecule has 0 aliphatic carbocycles. The van der Waals surface area contributed by atoms with Gasteiger partial charge in [0.2, 0.25) is 0 Å². The summed E-state index contributed by atoms with van der Waals surface area (Å²) in [4.78, 5) is 43.3. The molecule has 234 valence electrons. The predicted molar refractivity (Wildman–Crippen MR) is 181 cm³/mol. The Bertz CT molecular complexity index is 1970. The van der Waals surface area contributed by atoms with Gasteiger partial charge in [-0.3, -0.25) is 9.59 Å². The minimum atomic E-state index is -0.884. The second kappa shape index (κ2) is 12.9. The van der Waals surface area contributed by atoms with Gasteiger partial charge < -0.3 is 20.2 Å². The molecule has 1 saturated heterocycles. The minimum absolute atomic E-state index is 0. The van der Waals surface area contributed by atoms with Gasteiger partial charge in [0.05, 0.1) is 22.8 Å². The van der Waals surface area contributed by atoms with Gasteiger partial charge in [0.15, 0.2) is 11.0 Å². The van der Waals surface area contributed by atoms with Crippen molar-refractivity contribution in [2.24, 2.45) is 0 Å². The summed E-state index contributed by atoms with van der Waals surface area (Å²) in [6.07, 6.45) is 0.569. The quantitative estimate of drug-likeness (QED) is 0.112. The Balaban J connectivity index is 0.00000400. The summed E-state index contributed by atoms with van der Waals surface area (Å²) >= 11 is 6.19. The van der Waals surface area contributed by atoms with E-state index in [1.54, 1.807) is 0 Å². The van der Waals surface area contributed by atoms with Gasteiger partial charge in [0, 0.05) is 18.1 Å². The number of rotatable bonds is 8. The molecule has 0 unspecified atom stereocenters. The third-order valence-corrected chi connectivity index (χ3v) is 10.0. The molecule has 6 heterocycles. The van der Waals surface area contributed by atoms with E-state index >= 15 is 0 Å². The maximum Gasteiger partial charge on any atom is 2.00 e. The van der Waals surface area contributed by atoms with E-state index in [0.29, 0.717) is 29.3 Å². The first-order valence-corrected chi connectivity index (χ1v) is 16.4. The number of carbonyl (C=O) groups is 2. The number of nitrogens with zero attached hydrogens (tertiary/aromatic N) is 4. The predicted octanol–water partition coefficient (Wildman–Crippen LogP) is 6.12. The largest absolute Gasteiger partial charge is 2.00 e. The van der Waals surface area contributed by atoms with Crippen molar-refractivity contribution in [1.82, 2.24) is 19.9 Å². The molecule has 2 N–H and O–H groups in total. The van der Waals surface area contributed by atoms with Crippen molar-refractivity contribution in [3.8, 4) is 0 Å². The normalized spacial score (nSPS) is 16.5. The zero-order valence-corrected chi connectivity index (χ0v) is 28.6. The minimum Gasteiger partial charge on any atom is -0.657 e. The number of thiol groups is 2. The molecule has 0 spiro atoms. The Labute approximate surface area is 282 Å². The molecule has 0 saturated carbocycles. The molecule has 2 atom stereocenters. The van der Waals surface area contributed by atoms with Crippen molar-refractivity contribution in [2.75, 3.05) is 5.75 Å². The Hall–Kier alpha value is -3.24. The Morgan fingerprint density at radius 1 is 0.844 bits per heavy atom. The Morgan fingerprint density at radius 2 is 1.38 bits per heavy atom. The van der Waals surface area contributed by atoms with Crippen molar-refractivity contribution in [2.45, 2.75) is 70.8 Å². The number of carboxylic acid groups (broad SMARTS) is 2. The van der Waals surface area contributed by atoms with E-state index < -0.39 is 11.9 Å². The van der Waals surface area contributed by atoms with E-state index in [4.69, 9.17) is 32.6 Å². The van der Waals surface area contributed by atoms with Gasteiger partial charge in [-0.15, -0.1) is 22.1 Å². The van der Waals surface area contributed by atoms with Crippen LogP contribution in [0.3, 0.4) is 0 Å². The number of fused-ring (bicyclic) bond motifs is 8. The maximum absolute atomic E-state index is 11.6. The molecule has 3 aromatic heterocycles. The summed E-state index contributed by atoms with van der Waals surface area (Å²) < 4.78 is 0. The van der Waals surface area contributed by atoms with Gasteiger partial charge in [-0.25, -0.2) is 9.97 Å². The molecule has 1 fully saturated rings. The number of hydrogen-bond acceptors (Lipinski definition) is 5. The van der Waals surface area contributed by atoms with Crippen molar-refractivity contribution in [1.29, 1.82) is 0 Å². The molecule has 8 nitrogen and oxygen atoms in total. The molecule has 0 radical (unpaired) electrons. The average molecular weight is 684 g/mol. The fourth-order valence-electron chi connectivity index (χ4n) is 6.28. The zero-order valence-electron chi connectivity index (χ0n) is 25.7. The number of aryl methyl sites for hydroxylation is 3. The number of aliphatic carboxylic acids is 2. The second-order valence-electron chi connectivity index (χ2n) is 11.7. The number of aromatic nitrogens is 4. The number of hydrogen-bond donors (Lipinski definition) is 3. The van der Waals surface area contributed by atoms with Crippen LogP contribution >= 0.6 is 12.6 Å². The number of carboxylic acids is 2. The first-order chi connectivity index (χ1) is 20.9. The van der Waals surface area contributed by atoms with Crippen molar-refractivity contribution >= 4 is 80.7 Å². The van der Waals surface area contributed by atoms with Gasteiger partial charge in [0.25, 0.3) is 0 Å². The zero-order chi connectivity index (χ0) is 31.4. The van der Waals surface area contributed by atoms with E-state index in [-0.39, 0.29) is 35.2 Å². The smallest absolute Gasteiger partial charge is 0.657 e. The van der Waals surface area contributed by atoms with Crippen molar-refractivity contribution in [3.63, 3.8) is 0 Å². The standard InChI is InChI=1S/C34H36N4O4S2.Fe/c1-15-20(6-8-31(39)40)26-13-27-21(7-9-32(41)42)16(2)23(36-27)11-29-34(30-14-44-30)18(4)25(38-29)12-28-33(19(5)43)17(3)24(37-28)10-22(15)35-26;/h10-13,19,30H,6-9,14H2,1-5H3,(H5,35,36,37,38,39,40,41,42,43);/q;+2/p-1/t19-,30-;/m1./s1. The van der Waals surface area contributed by atoms with Gasteiger partial charge in [-0.05, 0) is 87.1 Å². The van der Waals surface area contributed by atoms with E-state index in [0.717, 1.165) is 78.4 Å². The van der Waals surface area contributed by atoms with Crippen LogP contribution in [-0.2, 0) is 44.8 Å². The topological polar surface area (TPSA) is 129 Å². The van der Waals surface area contributed by atoms with Crippen LogP contribution in [-0.4, -0.2) is 43.1 Å². The van der Waals surface area contributed by atoms with Crippen LogP contribution in [0.5, 0.6) is 0 Å². The maximum atomic E-state index is 11.6. The first kappa shape index (κ1) is 33.1. The summed E-state index contributed by atoms with van der Waals surface area (Å²) in [6, 6.07) is 7.94. The van der Waals surface area contributed by atoms with Crippen LogP contribution < -0.4 is 9.97 Å². The van der Waals surface area contributed by atoms with Crippen LogP contribution in [0.1, 0.15) is 90.3 Å². The number of allylic oxidation sites excluding steroid dienone is 3. The Kier molecular flexibility index (Phi) is 9.47. The van der Waals surface area contributed by atoms with Crippen LogP contribution in [0.2, 0.25) is 0 Å². The van der Waals surface area contributed by atoms with E-state index in [2.05, 4.69) is 19.9 Å². The van der Waals surface area contributed by atoms with E-state index in [1.807, 2.05) is 39.0 Å². The molecular weight excluding hydrogens is 648 g/mol. The van der Waals surface area contributed by atoms with Crippen LogP contribution in [0, 0.1) is 13.8 Å². The SMILES string of the molecule is CC1=C(CCC(=O)O)c2cc3[n-]c(cc4nc(cc5[n-]c(cc1n2)c([C@H]1C[SH+]1)c5C)C([C@@H](C)S)=C4C)c(C)c3CCC(=O)O.[Fe+2]. The molecule has 11 heteroatoms. The molecule has 6 rings (SSSR count).